The van der Waals surface area contributed by atoms with Crippen molar-refractivity contribution in [3.05, 3.63) is 35.4 Å². The van der Waals surface area contributed by atoms with Gasteiger partial charge in [0.25, 0.3) is 0 Å². The van der Waals surface area contributed by atoms with Crippen LogP contribution in [0.2, 0.25) is 0 Å². The van der Waals surface area contributed by atoms with Crippen molar-refractivity contribution in [3.8, 4) is 0 Å². The van der Waals surface area contributed by atoms with E-state index in [4.69, 9.17) is 5.11 Å². The van der Waals surface area contributed by atoms with Crippen molar-refractivity contribution in [3.63, 3.8) is 0 Å². The third-order valence-corrected chi connectivity index (χ3v) is 2.89. The number of carbonyl (C=O) groups is 1. The second kappa shape index (κ2) is 7.84. The van der Waals surface area contributed by atoms with Crippen LogP contribution >= 0.6 is 0 Å². The number of rotatable bonds is 7. The molecule has 0 spiro atoms. The predicted octanol–water partition coefficient (Wildman–Crippen LogP) is 2.48. The third kappa shape index (κ3) is 4.95. The van der Waals surface area contributed by atoms with Crippen LogP contribution in [0.15, 0.2) is 18.2 Å². The second-order valence-corrected chi connectivity index (χ2v) is 4.34. The van der Waals surface area contributed by atoms with Gasteiger partial charge in [-0.05, 0) is 37.5 Å². The van der Waals surface area contributed by atoms with Crippen molar-refractivity contribution in [1.82, 2.24) is 4.90 Å². The molecule has 1 rings (SSSR count). The first kappa shape index (κ1) is 15.6. The number of hydrogen-bond donors (Lipinski definition) is 1. The van der Waals surface area contributed by atoms with Crippen LogP contribution < -0.4 is 0 Å². The van der Waals surface area contributed by atoms with Crippen LogP contribution in [0.3, 0.4) is 0 Å². The summed E-state index contributed by atoms with van der Waals surface area (Å²) in [6, 6.07) is 3.65. The topological polar surface area (TPSA) is 40.5 Å². The largest absolute Gasteiger partial charge is 0.396 e. The minimum Gasteiger partial charge on any atom is -0.396 e. The summed E-state index contributed by atoms with van der Waals surface area (Å²) in [6.07, 6.45) is 1.58. The quantitative estimate of drug-likeness (QED) is 0.774. The summed E-state index contributed by atoms with van der Waals surface area (Å²) in [6.45, 7) is 2.69. The Hall–Kier alpha value is -1.49. The van der Waals surface area contributed by atoms with E-state index in [9.17, 15) is 13.6 Å². The molecule has 3 nitrogen and oxygen atoms in total. The molecule has 0 aliphatic heterocycles. The molecular formula is C14H19F2NO2. The second-order valence-electron chi connectivity index (χ2n) is 4.34. The van der Waals surface area contributed by atoms with E-state index in [-0.39, 0.29) is 19.1 Å². The fourth-order valence-corrected chi connectivity index (χ4v) is 1.78. The third-order valence-electron chi connectivity index (χ3n) is 2.89. The molecule has 0 aromatic heterocycles. The van der Waals surface area contributed by atoms with Gasteiger partial charge in [-0.1, -0.05) is 6.07 Å². The molecular weight excluding hydrogens is 252 g/mol. The predicted molar refractivity (Wildman–Crippen MR) is 68.4 cm³/mol. The molecule has 0 atom stereocenters. The minimum atomic E-state index is -0.902. The monoisotopic (exact) mass is 271 g/mol. The Labute approximate surface area is 111 Å². The van der Waals surface area contributed by atoms with E-state index in [0.29, 0.717) is 31.4 Å². The molecule has 0 fully saturated rings. The van der Waals surface area contributed by atoms with E-state index in [0.717, 1.165) is 12.1 Å². The highest BCUT2D eigenvalue weighted by atomic mass is 19.2. The summed E-state index contributed by atoms with van der Waals surface area (Å²) < 4.78 is 25.9. The number of nitrogens with zero attached hydrogens (tertiary/aromatic N) is 1. The van der Waals surface area contributed by atoms with Crippen LogP contribution in [0.5, 0.6) is 0 Å². The van der Waals surface area contributed by atoms with Gasteiger partial charge in [-0.25, -0.2) is 8.78 Å². The number of unbranched alkanes of at least 4 members (excludes halogenated alkanes) is 1. The number of carbonyl (C=O) groups excluding carboxylic acids is 1. The van der Waals surface area contributed by atoms with Gasteiger partial charge in [-0.15, -0.1) is 0 Å². The fraction of sp³-hybridized carbons (Fsp3) is 0.500. The van der Waals surface area contributed by atoms with Crippen LogP contribution in [-0.4, -0.2) is 29.1 Å². The summed E-state index contributed by atoms with van der Waals surface area (Å²) in [4.78, 5) is 13.5. The van der Waals surface area contributed by atoms with E-state index in [1.54, 1.807) is 4.90 Å². The van der Waals surface area contributed by atoms with Gasteiger partial charge in [-0.3, -0.25) is 4.79 Å². The van der Waals surface area contributed by atoms with Gasteiger partial charge in [0.05, 0.1) is 0 Å². The number of benzene rings is 1. The van der Waals surface area contributed by atoms with E-state index >= 15 is 0 Å². The summed E-state index contributed by atoms with van der Waals surface area (Å²) in [5, 5.41) is 8.66. The average Bonchev–Trinajstić information content (AvgIpc) is 2.40. The van der Waals surface area contributed by atoms with Gasteiger partial charge >= 0.3 is 0 Å². The zero-order valence-corrected chi connectivity index (χ0v) is 11.0. The van der Waals surface area contributed by atoms with Crippen molar-refractivity contribution in [2.24, 2.45) is 0 Å². The van der Waals surface area contributed by atoms with Crippen molar-refractivity contribution in [1.29, 1.82) is 0 Å². The zero-order chi connectivity index (χ0) is 14.3. The first-order valence-corrected chi connectivity index (χ1v) is 6.41. The average molecular weight is 271 g/mol. The van der Waals surface area contributed by atoms with Gasteiger partial charge in [0.2, 0.25) is 5.91 Å². The summed E-state index contributed by atoms with van der Waals surface area (Å²) in [7, 11) is 0. The van der Waals surface area contributed by atoms with E-state index in [1.165, 1.54) is 6.07 Å². The number of halogens is 2. The first-order valence-electron chi connectivity index (χ1n) is 6.41. The molecule has 1 aromatic carbocycles. The van der Waals surface area contributed by atoms with Crippen LogP contribution in [0.4, 0.5) is 8.78 Å². The lowest BCUT2D eigenvalue weighted by Gasteiger charge is -2.21. The first-order chi connectivity index (χ1) is 9.08. The summed E-state index contributed by atoms with van der Waals surface area (Å²) in [5.41, 5.74) is 0.566. The molecule has 1 amide bonds. The number of aliphatic hydroxyl groups is 1. The Bertz CT molecular complexity index is 424. The lowest BCUT2D eigenvalue weighted by atomic mass is 10.1. The molecule has 106 valence electrons. The van der Waals surface area contributed by atoms with Crippen molar-refractivity contribution in [2.75, 3.05) is 13.2 Å². The molecule has 0 aliphatic carbocycles. The Kier molecular flexibility index (Phi) is 6.42. The molecule has 5 heteroatoms. The molecule has 0 aliphatic rings. The van der Waals surface area contributed by atoms with Gasteiger partial charge in [0.15, 0.2) is 11.6 Å². The van der Waals surface area contributed by atoms with Crippen LogP contribution in [0.25, 0.3) is 0 Å². The minimum absolute atomic E-state index is 0.0410. The van der Waals surface area contributed by atoms with Gasteiger partial charge in [-0.2, -0.15) is 0 Å². The maximum absolute atomic E-state index is 13.1. The Morgan fingerprint density at radius 1 is 1.26 bits per heavy atom. The van der Waals surface area contributed by atoms with Crippen molar-refractivity contribution >= 4 is 5.91 Å². The standard InChI is InChI=1S/C14H19F2NO2/c1-2-17(14(19)5-3-4-8-18)10-11-6-7-12(15)13(16)9-11/h6-7,9,18H,2-5,8,10H2,1H3. The Balaban J connectivity index is 2.60. The normalized spacial score (nSPS) is 10.5. The smallest absolute Gasteiger partial charge is 0.222 e. The van der Waals surface area contributed by atoms with Crippen LogP contribution in [0.1, 0.15) is 31.7 Å². The molecule has 0 saturated carbocycles. The highest BCUT2D eigenvalue weighted by Gasteiger charge is 2.12. The maximum atomic E-state index is 13.1. The van der Waals surface area contributed by atoms with Crippen molar-refractivity contribution < 1.29 is 18.7 Å². The summed E-state index contributed by atoms with van der Waals surface area (Å²) in [5.74, 6) is -1.83. The molecule has 0 saturated heterocycles. The maximum Gasteiger partial charge on any atom is 0.222 e. The molecule has 0 heterocycles. The summed E-state index contributed by atoms with van der Waals surface area (Å²) >= 11 is 0. The zero-order valence-electron chi connectivity index (χ0n) is 11.0. The van der Waals surface area contributed by atoms with E-state index < -0.39 is 11.6 Å². The molecule has 1 aromatic rings. The molecule has 0 radical (unpaired) electrons. The van der Waals surface area contributed by atoms with Gasteiger partial charge in [0.1, 0.15) is 0 Å². The van der Waals surface area contributed by atoms with Crippen molar-refractivity contribution in [2.45, 2.75) is 32.7 Å². The number of amides is 1. The van der Waals surface area contributed by atoms with Crippen LogP contribution in [-0.2, 0) is 11.3 Å². The van der Waals surface area contributed by atoms with Crippen LogP contribution in [0, 0.1) is 11.6 Å². The Morgan fingerprint density at radius 3 is 2.58 bits per heavy atom. The van der Waals surface area contributed by atoms with Gasteiger partial charge < -0.3 is 10.0 Å². The Morgan fingerprint density at radius 2 is 2.00 bits per heavy atom. The lowest BCUT2D eigenvalue weighted by Crippen LogP contribution is -2.30. The highest BCUT2D eigenvalue weighted by Crippen LogP contribution is 2.12. The SMILES string of the molecule is CCN(Cc1ccc(F)c(F)c1)C(=O)CCCCO. The molecule has 0 bridgehead atoms. The highest BCUT2D eigenvalue weighted by molar-refractivity contribution is 5.76. The molecule has 0 unspecified atom stereocenters. The van der Waals surface area contributed by atoms with E-state index in [2.05, 4.69) is 0 Å². The fourth-order valence-electron chi connectivity index (χ4n) is 1.78. The molecule has 19 heavy (non-hydrogen) atoms. The van der Waals surface area contributed by atoms with E-state index in [1.807, 2.05) is 6.92 Å². The molecule has 1 N–H and O–H groups in total. The van der Waals surface area contributed by atoms with Gasteiger partial charge in [0, 0.05) is 26.1 Å². The number of hydrogen-bond acceptors (Lipinski definition) is 2. The number of aliphatic hydroxyl groups excluding tert-OH is 1. The lowest BCUT2D eigenvalue weighted by molar-refractivity contribution is -0.131.